The lowest BCUT2D eigenvalue weighted by Crippen LogP contribution is -2.27. The molecule has 1 unspecified atom stereocenters. The smallest absolute Gasteiger partial charge is 0.0562 e. The van der Waals surface area contributed by atoms with Gasteiger partial charge in [0, 0.05) is 52.5 Å². The van der Waals surface area contributed by atoms with E-state index in [-0.39, 0.29) is 6.04 Å². The van der Waals surface area contributed by atoms with Gasteiger partial charge in [0.05, 0.1) is 11.0 Å². The number of nitrogens with zero attached hydrogens (tertiary/aromatic N) is 1. The Morgan fingerprint density at radius 2 is 1.30 bits per heavy atom. The van der Waals surface area contributed by atoms with Crippen molar-refractivity contribution in [2.24, 2.45) is 5.73 Å². The van der Waals surface area contributed by atoms with Crippen molar-refractivity contribution in [2.75, 3.05) is 11.9 Å². The lowest BCUT2D eigenvalue weighted by Gasteiger charge is -2.18. The van der Waals surface area contributed by atoms with Crippen LogP contribution >= 0.6 is 0 Å². The Bertz CT molecular complexity index is 1980. The van der Waals surface area contributed by atoms with Crippen molar-refractivity contribution in [3.05, 3.63) is 163 Å². The molecule has 43 heavy (non-hydrogen) atoms. The van der Waals surface area contributed by atoms with Gasteiger partial charge in [0.15, 0.2) is 0 Å². The maximum absolute atomic E-state index is 6.15. The maximum Gasteiger partial charge on any atom is 0.0562 e. The summed E-state index contributed by atoms with van der Waals surface area (Å²) in [5, 5.41) is 9.84. The molecule has 0 fully saturated rings. The standard InChI is InChI=1S/C39H34N4/c40-26-37(30-16-6-2-7-17-30)41-27-28-13-12-20-32(23-28)43-38-22-11-10-21-33(38)35-24-34(29-14-4-1-5-15-29)36(25-39(35)43)42-31-18-8-3-9-19-31/h1-25,37,41-42H,26-27,40H2. The summed E-state index contributed by atoms with van der Waals surface area (Å²) in [6.45, 7) is 1.26. The van der Waals surface area contributed by atoms with E-state index >= 15 is 0 Å². The number of benzene rings is 6. The van der Waals surface area contributed by atoms with E-state index in [1.54, 1.807) is 0 Å². The molecular weight excluding hydrogens is 524 g/mol. The Kier molecular flexibility index (Phi) is 7.45. The first-order chi connectivity index (χ1) is 21.3. The van der Waals surface area contributed by atoms with Gasteiger partial charge in [-0.15, -0.1) is 0 Å². The van der Waals surface area contributed by atoms with Crippen molar-refractivity contribution >= 4 is 33.2 Å². The van der Waals surface area contributed by atoms with E-state index in [4.69, 9.17) is 5.73 Å². The molecule has 0 saturated heterocycles. The highest BCUT2D eigenvalue weighted by Gasteiger charge is 2.17. The molecule has 210 valence electrons. The number of nitrogens with one attached hydrogen (secondary N) is 2. The van der Waals surface area contributed by atoms with E-state index in [2.05, 4.69) is 155 Å². The number of hydrogen-bond donors (Lipinski definition) is 3. The molecule has 0 aliphatic rings. The van der Waals surface area contributed by atoms with Gasteiger partial charge in [-0.1, -0.05) is 109 Å². The van der Waals surface area contributed by atoms with E-state index in [0.29, 0.717) is 6.54 Å². The molecule has 0 aliphatic heterocycles. The van der Waals surface area contributed by atoms with Crippen LogP contribution in [0.2, 0.25) is 0 Å². The molecule has 7 rings (SSSR count). The lowest BCUT2D eigenvalue weighted by molar-refractivity contribution is 0.542. The third kappa shape index (κ3) is 5.42. The number of rotatable bonds is 9. The first-order valence-electron chi connectivity index (χ1n) is 14.8. The number of nitrogens with two attached hydrogens (primary N) is 1. The summed E-state index contributed by atoms with van der Waals surface area (Å²) in [7, 11) is 0. The molecule has 0 spiro atoms. The van der Waals surface area contributed by atoms with Crippen LogP contribution in [-0.4, -0.2) is 11.1 Å². The number of hydrogen-bond acceptors (Lipinski definition) is 3. The number of anilines is 2. The second-order valence-corrected chi connectivity index (χ2v) is 10.9. The minimum Gasteiger partial charge on any atom is -0.355 e. The summed E-state index contributed by atoms with van der Waals surface area (Å²) in [6.07, 6.45) is 0. The molecule has 1 aromatic heterocycles. The molecule has 0 saturated carbocycles. The Morgan fingerprint density at radius 3 is 2.07 bits per heavy atom. The monoisotopic (exact) mass is 558 g/mol. The van der Waals surface area contributed by atoms with Crippen LogP contribution in [0.3, 0.4) is 0 Å². The highest BCUT2D eigenvalue weighted by molar-refractivity contribution is 6.12. The topological polar surface area (TPSA) is 55.0 Å². The largest absolute Gasteiger partial charge is 0.355 e. The van der Waals surface area contributed by atoms with Crippen LogP contribution in [0.25, 0.3) is 38.6 Å². The third-order valence-corrected chi connectivity index (χ3v) is 8.11. The first kappa shape index (κ1) is 26.7. The summed E-state index contributed by atoms with van der Waals surface area (Å²) < 4.78 is 2.39. The van der Waals surface area contributed by atoms with E-state index in [1.807, 2.05) is 12.1 Å². The molecule has 4 nitrogen and oxygen atoms in total. The predicted octanol–water partition coefficient (Wildman–Crippen LogP) is 8.98. The summed E-state index contributed by atoms with van der Waals surface area (Å²) >= 11 is 0. The van der Waals surface area contributed by atoms with Gasteiger partial charge in [-0.2, -0.15) is 0 Å². The van der Waals surface area contributed by atoms with E-state index in [1.165, 1.54) is 38.5 Å². The fourth-order valence-electron chi connectivity index (χ4n) is 6.00. The molecule has 7 aromatic rings. The van der Waals surface area contributed by atoms with Gasteiger partial charge in [0.2, 0.25) is 0 Å². The normalized spacial score (nSPS) is 12.0. The van der Waals surface area contributed by atoms with Crippen LogP contribution < -0.4 is 16.4 Å². The van der Waals surface area contributed by atoms with Gasteiger partial charge >= 0.3 is 0 Å². The summed E-state index contributed by atoms with van der Waals surface area (Å²) in [4.78, 5) is 0. The van der Waals surface area contributed by atoms with Crippen LogP contribution in [0.5, 0.6) is 0 Å². The molecule has 1 heterocycles. The first-order valence-corrected chi connectivity index (χ1v) is 14.8. The fourth-order valence-corrected chi connectivity index (χ4v) is 6.00. The maximum atomic E-state index is 6.15. The predicted molar refractivity (Wildman–Crippen MR) is 181 cm³/mol. The van der Waals surface area contributed by atoms with Crippen LogP contribution in [0, 0.1) is 0 Å². The molecule has 1 atom stereocenters. The number of para-hydroxylation sites is 2. The van der Waals surface area contributed by atoms with Crippen molar-refractivity contribution in [2.45, 2.75) is 12.6 Å². The van der Waals surface area contributed by atoms with E-state index in [0.717, 1.165) is 29.1 Å². The Hall–Kier alpha value is -5.16. The van der Waals surface area contributed by atoms with Crippen molar-refractivity contribution in [3.63, 3.8) is 0 Å². The summed E-state index contributed by atoms with van der Waals surface area (Å²) in [5.74, 6) is 0. The zero-order chi connectivity index (χ0) is 29.0. The van der Waals surface area contributed by atoms with Crippen LogP contribution in [0.1, 0.15) is 17.2 Å². The zero-order valence-corrected chi connectivity index (χ0v) is 23.9. The van der Waals surface area contributed by atoms with Gasteiger partial charge in [0.25, 0.3) is 0 Å². The number of aromatic nitrogens is 1. The van der Waals surface area contributed by atoms with Crippen molar-refractivity contribution in [3.8, 4) is 16.8 Å². The number of fused-ring (bicyclic) bond motifs is 3. The molecule has 0 amide bonds. The molecule has 4 heteroatoms. The SMILES string of the molecule is NCC(NCc1cccc(-n2c3ccccc3c3cc(-c4ccccc4)c(Nc4ccccc4)cc32)c1)c1ccccc1. The third-order valence-electron chi connectivity index (χ3n) is 8.11. The van der Waals surface area contributed by atoms with Gasteiger partial charge in [-0.3, -0.25) is 0 Å². The van der Waals surface area contributed by atoms with Crippen molar-refractivity contribution < 1.29 is 0 Å². The van der Waals surface area contributed by atoms with Gasteiger partial charge < -0.3 is 20.9 Å². The second kappa shape index (κ2) is 12.0. The van der Waals surface area contributed by atoms with Gasteiger partial charge in [-0.05, 0) is 59.2 Å². The highest BCUT2D eigenvalue weighted by Crippen LogP contribution is 2.40. The zero-order valence-electron chi connectivity index (χ0n) is 23.9. The quantitative estimate of drug-likeness (QED) is 0.166. The average molecular weight is 559 g/mol. The van der Waals surface area contributed by atoms with Gasteiger partial charge in [-0.25, -0.2) is 0 Å². The summed E-state index contributed by atoms with van der Waals surface area (Å²) in [6, 6.07) is 53.7. The minimum atomic E-state index is 0.0983. The molecular formula is C39H34N4. The Balaban J connectivity index is 1.34. The summed E-state index contributed by atoms with van der Waals surface area (Å²) in [5.41, 5.74) is 16.5. The van der Waals surface area contributed by atoms with E-state index < -0.39 is 0 Å². The van der Waals surface area contributed by atoms with Crippen LogP contribution in [0.15, 0.2) is 152 Å². The molecule has 6 aromatic carbocycles. The van der Waals surface area contributed by atoms with Crippen LogP contribution in [-0.2, 0) is 6.54 Å². The second-order valence-electron chi connectivity index (χ2n) is 10.9. The van der Waals surface area contributed by atoms with Crippen molar-refractivity contribution in [1.82, 2.24) is 9.88 Å². The highest BCUT2D eigenvalue weighted by atomic mass is 15.0. The minimum absolute atomic E-state index is 0.0983. The Morgan fingerprint density at radius 1 is 0.605 bits per heavy atom. The van der Waals surface area contributed by atoms with Crippen molar-refractivity contribution in [1.29, 1.82) is 0 Å². The molecule has 4 N–H and O–H groups in total. The lowest BCUT2D eigenvalue weighted by atomic mass is 10.00. The molecule has 0 bridgehead atoms. The van der Waals surface area contributed by atoms with E-state index in [9.17, 15) is 0 Å². The fraction of sp³-hybridized carbons (Fsp3) is 0.0769. The Labute approximate surface area is 252 Å². The average Bonchev–Trinajstić information content (AvgIpc) is 3.39. The molecule has 0 radical (unpaired) electrons. The van der Waals surface area contributed by atoms with Crippen LogP contribution in [0.4, 0.5) is 11.4 Å². The van der Waals surface area contributed by atoms with Gasteiger partial charge in [0.1, 0.15) is 0 Å². The molecule has 0 aliphatic carbocycles.